The molecule has 22 heavy (non-hydrogen) atoms. The topological polar surface area (TPSA) is 72.4 Å². The van der Waals surface area contributed by atoms with Crippen LogP contribution >= 0.6 is 11.3 Å². The summed E-state index contributed by atoms with van der Waals surface area (Å²) in [5, 5.41) is 16.7. The van der Waals surface area contributed by atoms with Crippen LogP contribution < -0.4 is 0 Å². The van der Waals surface area contributed by atoms with Gasteiger partial charge in [0.25, 0.3) is 0 Å². The molecule has 0 bridgehead atoms. The minimum absolute atomic E-state index is 0.0676. The van der Waals surface area contributed by atoms with Crippen molar-refractivity contribution < 1.29 is 9.45 Å². The molecule has 0 aliphatic heterocycles. The van der Waals surface area contributed by atoms with Gasteiger partial charge in [0.15, 0.2) is 5.69 Å². The molecular formula is C15H19N3O3S. The maximum Gasteiger partial charge on any atom is 0.338 e. The second-order valence-electron chi connectivity index (χ2n) is 5.29. The highest BCUT2D eigenvalue weighted by Crippen LogP contribution is 2.26. The predicted molar refractivity (Wildman–Crippen MR) is 88.0 cm³/mol. The molecule has 2 aromatic heterocycles. The zero-order chi connectivity index (χ0) is 16.1. The predicted octanol–water partition coefficient (Wildman–Crippen LogP) is 3.62. The first-order valence-corrected chi connectivity index (χ1v) is 7.87. The minimum atomic E-state index is -0.460. The largest absolute Gasteiger partial charge is 0.349 e. The van der Waals surface area contributed by atoms with E-state index < -0.39 is 4.92 Å². The molecular weight excluding hydrogens is 302 g/mol. The van der Waals surface area contributed by atoms with Crippen molar-refractivity contribution in [3.63, 3.8) is 0 Å². The molecule has 0 aliphatic carbocycles. The standard InChI is InChI=1S/C15H19N3O3S/c1-11-15(18(19)20)13(21-16-11)6-7-14-12(8-10-22-14)5-4-9-17(2)3/h6-8,10H,4-5,9H2,1-3H3/b7-6+. The SMILES string of the molecule is Cc1noc(/C=C/c2sccc2CCCN(C)C)c1[N+](=O)[O-]. The van der Waals surface area contributed by atoms with Crippen LogP contribution in [0.1, 0.15) is 28.3 Å². The summed E-state index contributed by atoms with van der Waals surface area (Å²) >= 11 is 1.62. The summed E-state index contributed by atoms with van der Waals surface area (Å²) in [4.78, 5) is 13.8. The van der Waals surface area contributed by atoms with E-state index in [0.717, 1.165) is 24.3 Å². The monoisotopic (exact) mass is 321 g/mol. The van der Waals surface area contributed by atoms with Gasteiger partial charge >= 0.3 is 5.69 Å². The molecule has 0 fully saturated rings. The van der Waals surface area contributed by atoms with E-state index in [9.17, 15) is 10.1 Å². The van der Waals surface area contributed by atoms with Crippen LogP contribution in [0.4, 0.5) is 5.69 Å². The van der Waals surface area contributed by atoms with E-state index in [-0.39, 0.29) is 11.4 Å². The van der Waals surface area contributed by atoms with Crippen molar-refractivity contribution in [3.05, 3.63) is 43.5 Å². The molecule has 0 spiro atoms. The van der Waals surface area contributed by atoms with Crippen LogP contribution in [-0.2, 0) is 6.42 Å². The van der Waals surface area contributed by atoms with Crippen molar-refractivity contribution in [2.75, 3.05) is 20.6 Å². The van der Waals surface area contributed by atoms with E-state index in [1.165, 1.54) is 5.56 Å². The van der Waals surface area contributed by atoms with Crippen molar-refractivity contribution in [2.24, 2.45) is 0 Å². The third-order valence-corrected chi connectivity index (χ3v) is 4.18. The Morgan fingerprint density at radius 1 is 1.45 bits per heavy atom. The number of rotatable bonds is 7. The van der Waals surface area contributed by atoms with Crippen LogP contribution in [0.5, 0.6) is 0 Å². The molecule has 0 unspecified atom stereocenters. The number of hydrogen-bond donors (Lipinski definition) is 0. The van der Waals surface area contributed by atoms with E-state index in [4.69, 9.17) is 4.52 Å². The fourth-order valence-corrected chi connectivity index (χ4v) is 3.00. The Morgan fingerprint density at radius 3 is 2.91 bits per heavy atom. The Labute approximate surface area is 133 Å². The van der Waals surface area contributed by atoms with E-state index in [1.807, 2.05) is 11.5 Å². The molecule has 0 amide bonds. The lowest BCUT2D eigenvalue weighted by Gasteiger charge is -2.08. The molecule has 0 atom stereocenters. The van der Waals surface area contributed by atoms with Crippen LogP contribution in [0.2, 0.25) is 0 Å². The second-order valence-corrected chi connectivity index (χ2v) is 6.24. The van der Waals surface area contributed by atoms with Gasteiger partial charge in [0.05, 0.1) is 4.92 Å². The van der Waals surface area contributed by atoms with Gasteiger partial charge in [0.2, 0.25) is 5.76 Å². The maximum absolute atomic E-state index is 11.0. The summed E-state index contributed by atoms with van der Waals surface area (Å²) in [5.74, 6) is 0.190. The lowest BCUT2D eigenvalue weighted by molar-refractivity contribution is -0.386. The Balaban J connectivity index is 2.11. The third kappa shape index (κ3) is 4.02. The van der Waals surface area contributed by atoms with Gasteiger partial charge in [-0.25, -0.2) is 0 Å². The Morgan fingerprint density at radius 2 is 2.23 bits per heavy atom. The molecule has 118 valence electrons. The van der Waals surface area contributed by atoms with Crippen molar-refractivity contribution in [1.29, 1.82) is 0 Å². The summed E-state index contributed by atoms with van der Waals surface area (Å²) in [6.45, 7) is 2.60. The first-order valence-electron chi connectivity index (χ1n) is 6.99. The van der Waals surface area contributed by atoms with Gasteiger partial charge in [0.1, 0.15) is 0 Å². The summed E-state index contributed by atoms with van der Waals surface area (Å²) < 4.78 is 5.03. The van der Waals surface area contributed by atoms with Crippen LogP contribution in [0.3, 0.4) is 0 Å². The van der Waals surface area contributed by atoms with E-state index in [2.05, 4.69) is 30.2 Å². The van der Waals surface area contributed by atoms with Crippen molar-refractivity contribution in [1.82, 2.24) is 10.1 Å². The lowest BCUT2D eigenvalue weighted by Crippen LogP contribution is -2.13. The molecule has 0 saturated heterocycles. The molecule has 2 heterocycles. The van der Waals surface area contributed by atoms with Gasteiger partial charge in [-0.1, -0.05) is 5.16 Å². The van der Waals surface area contributed by atoms with Gasteiger partial charge in [-0.3, -0.25) is 10.1 Å². The lowest BCUT2D eigenvalue weighted by atomic mass is 10.1. The fourth-order valence-electron chi connectivity index (χ4n) is 2.15. The minimum Gasteiger partial charge on any atom is -0.349 e. The third-order valence-electron chi connectivity index (χ3n) is 3.26. The molecule has 0 aromatic carbocycles. The molecule has 2 aromatic rings. The van der Waals surface area contributed by atoms with Crippen molar-refractivity contribution in [2.45, 2.75) is 19.8 Å². The highest BCUT2D eigenvalue weighted by molar-refractivity contribution is 7.11. The van der Waals surface area contributed by atoms with E-state index >= 15 is 0 Å². The zero-order valence-electron chi connectivity index (χ0n) is 12.9. The highest BCUT2D eigenvalue weighted by Gasteiger charge is 2.22. The van der Waals surface area contributed by atoms with E-state index in [1.54, 1.807) is 24.3 Å². The van der Waals surface area contributed by atoms with Crippen LogP contribution in [0.15, 0.2) is 16.0 Å². The Bertz CT molecular complexity index is 673. The number of nitrogens with zero attached hydrogens (tertiary/aromatic N) is 3. The van der Waals surface area contributed by atoms with Gasteiger partial charge in [-0.05, 0) is 69.6 Å². The van der Waals surface area contributed by atoms with Crippen molar-refractivity contribution >= 4 is 29.2 Å². The van der Waals surface area contributed by atoms with Gasteiger partial charge < -0.3 is 9.42 Å². The molecule has 6 nitrogen and oxygen atoms in total. The molecule has 7 heteroatoms. The number of thiophene rings is 1. The number of nitro groups is 1. The summed E-state index contributed by atoms with van der Waals surface area (Å²) in [6.07, 6.45) is 5.55. The second kappa shape index (κ2) is 7.33. The summed E-state index contributed by atoms with van der Waals surface area (Å²) in [6, 6.07) is 2.10. The zero-order valence-corrected chi connectivity index (χ0v) is 13.7. The van der Waals surface area contributed by atoms with Crippen LogP contribution in [0, 0.1) is 17.0 Å². The average Bonchev–Trinajstić information content (AvgIpc) is 3.02. The van der Waals surface area contributed by atoms with Gasteiger partial charge in [0, 0.05) is 4.88 Å². The number of hydrogen-bond acceptors (Lipinski definition) is 6. The Hall–Kier alpha value is -1.99. The quantitative estimate of drug-likeness (QED) is 0.575. The molecule has 0 aliphatic rings. The smallest absolute Gasteiger partial charge is 0.338 e. The Kier molecular flexibility index (Phi) is 5.46. The first kappa shape index (κ1) is 16.4. The number of aryl methyl sites for hydroxylation is 2. The van der Waals surface area contributed by atoms with Gasteiger partial charge in [-0.2, -0.15) is 0 Å². The first-order chi connectivity index (χ1) is 10.5. The van der Waals surface area contributed by atoms with Crippen LogP contribution in [0.25, 0.3) is 12.2 Å². The van der Waals surface area contributed by atoms with Gasteiger partial charge in [-0.15, -0.1) is 11.3 Å². The maximum atomic E-state index is 11.0. The molecule has 2 rings (SSSR count). The summed E-state index contributed by atoms with van der Waals surface area (Å²) in [5.41, 5.74) is 1.48. The fraction of sp³-hybridized carbons (Fsp3) is 0.400. The summed E-state index contributed by atoms with van der Waals surface area (Å²) in [7, 11) is 4.11. The normalized spacial score (nSPS) is 11.6. The highest BCUT2D eigenvalue weighted by atomic mass is 32.1. The van der Waals surface area contributed by atoms with Crippen molar-refractivity contribution in [3.8, 4) is 0 Å². The van der Waals surface area contributed by atoms with Crippen LogP contribution in [-0.4, -0.2) is 35.6 Å². The number of aromatic nitrogens is 1. The molecule has 0 saturated carbocycles. The molecule has 0 N–H and O–H groups in total. The average molecular weight is 321 g/mol. The molecule has 0 radical (unpaired) electrons. The van der Waals surface area contributed by atoms with E-state index in [0.29, 0.717) is 5.69 Å².